The lowest BCUT2D eigenvalue weighted by atomic mass is 10.3. The van der Waals surface area contributed by atoms with E-state index >= 15 is 0 Å². The molecule has 0 bridgehead atoms. The van der Waals surface area contributed by atoms with Crippen LogP contribution in [0.1, 0.15) is 0 Å². The van der Waals surface area contributed by atoms with E-state index in [2.05, 4.69) is 0 Å². The molecule has 0 radical (unpaired) electrons. The molecule has 82 valence electrons. The van der Waals surface area contributed by atoms with Gasteiger partial charge in [-0.1, -0.05) is 23.7 Å². The third kappa shape index (κ3) is 2.20. The zero-order valence-electron chi connectivity index (χ0n) is 8.22. The van der Waals surface area contributed by atoms with Crippen LogP contribution in [0.15, 0.2) is 42.5 Å². The number of para-hydroxylation sites is 1. The largest absolute Gasteiger partial charge is 0.504 e. The highest BCUT2D eigenvalue weighted by Gasteiger charge is 2.04. The fourth-order valence-corrected chi connectivity index (χ4v) is 1.40. The van der Waals surface area contributed by atoms with Crippen LogP contribution in [0.4, 0.5) is 0 Å². The number of phenols is 2. The lowest BCUT2D eigenvalue weighted by Gasteiger charge is -2.07. The summed E-state index contributed by atoms with van der Waals surface area (Å²) in [6.45, 7) is 0. The quantitative estimate of drug-likeness (QED) is 0.784. The smallest absolute Gasteiger partial charge is 0.161 e. The van der Waals surface area contributed by atoms with Gasteiger partial charge in [0.1, 0.15) is 11.5 Å². The first kappa shape index (κ1) is 10.6. The van der Waals surface area contributed by atoms with E-state index in [0.29, 0.717) is 16.5 Å². The summed E-state index contributed by atoms with van der Waals surface area (Å²) in [5, 5.41) is 18.9. The normalized spacial score (nSPS) is 10.1. The van der Waals surface area contributed by atoms with Crippen molar-refractivity contribution >= 4 is 11.6 Å². The van der Waals surface area contributed by atoms with E-state index in [1.165, 1.54) is 12.1 Å². The number of phenolic OH excluding ortho intramolecular Hbond substituents is 2. The molecule has 0 spiro atoms. The lowest BCUT2D eigenvalue weighted by Crippen LogP contribution is -1.84. The molecule has 0 atom stereocenters. The maximum Gasteiger partial charge on any atom is 0.161 e. The number of hydrogen-bond acceptors (Lipinski definition) is 3. The average Bonchev–Trinajstić information content (AvgIpc) is 2.27. The van der Waals surface area contributed by atoms with Crippen LogP contribution in [0.2, 0.25) is 5.02 Å². The SMILES string of the molecule is Oc1ccc(Oc2ccccc2Cl)cc1O. The molecule has 0 aliphatic rings. The molecule has 2 N–H and O–H groups in total. The van der Waals surface area contributed by atoms with Crippen LogP contribution in [-0.4, -0.2) is 10.2 Å². The monoisotopic (exact) mass is 236 g/mol. The van der Waals surface area contributed by atoms with Crippen molar-refractivity contribution in [3.05, 3.63) is 47.5 Å². The molecule has 0 saturated carbocycles. The Morgan fingerprint density at radius 2 is 1.69 bits per heavy atom. The van der Waals surface area contributed by atoms with Crippen molar-refractivity contribution in [2.75, 3.05) is 0 Å². The fraction of sp³-hybridized carbons (Fsp3) is 0. The van der Waals surface area contributed by atoms with Crippen molar-refractivity contribution in [3.63, 3.8) is 0 Å². The topological polar surface area (TPSA) is 49.7 Å². The molecule has 0 heterocycles. The van der Waals surface area contributed by atoms with Crippen molar-refractivity contribution < 1.29 is 14.9 Å². The van der Waals surface area contributed by atoms with Crippen molar-refractivity contribution in [1.29, 1.82) is 0 Å². The summed E-state index contributed by atoms with van der Waals surface area (Å²) in [5.41, 5.74) is 0. The zero-order chi connectivity index (χ0) is 11.5. The van der Waals surface area contributed by atoms with E-state index in [0.717, 1.165) is 0 Å². The van der Waals surface area contributed by atoms with Crippen LogP contribution in [0.5, 0.6) is 23.0 Å². The van der Waals surface area contributed by atoms with Gasteiger partial charge in [0.05, 0.1) is 5.02 Å². The molecule has 0 aromatic heterocycles. The molecule has 2 aromatic carbocycles. The van der Waals surface area contributed by atoms with Crippen molar-refractivity contribution in [3.8, 4) is 23.0 Å². The van der Waals surface area contributed by atoms with Crippen LogP contribution in [-0.2, 0) is 0 Å². The summed E-state index contributed by atoms with van der Waals surface area (Å²) in [5.74, 6) is 0.480. The van der Waals surface area contributed by atoms with Gasteiger partial charge in [0.15, 0.2) is 11.5 Å². The standard InChI is InChI=1S/C12H9ClO3/c13-9-3-1-2-4-12(9)16-8-5-6-10(14)11(15)7-8/h1-7,14-15H. The number of halogens is 1. The molecular formula is C12H9ClO3. The summed E-state index contributed by atoms with van der Waals surface area (Å²) in [4.78, 5) is 0. The van der Waals surface area contributed by atoms with Gasteiger partial charge in [0, 0.05) is 6.07 Å². The molecule has 0 fully saturated rings. The third-order valence-corrected chi connectivity index (χ3v) is 2.32. The Labute approximate surface area is 97.5 Å². The van der Waals surface area contributed by atoms with Crippen molar-refractivity contribution in [2.45, 2.75) is 0 Å². The van der Waals surface area contributed by atoms with Crippen molar-refractivity contribution in [2.24, 2.45) is 0 Å². The van der Waals surface area contributed by atoms with E-state index in [1.54, 1.807) is 30.3 Å². The molecule has 16 heavy (non-hydrogen) atoms. The highest BCUT2D eigenvalue weighted by molar-refractivity contribution is 6.32. The highest BCUT2D eigenvalue weighted by atomic mass is 35.5. The Bertz CT molecular complexity index is 511. The van der Waals surface area contributed by atoms with Crippen LogP contribution in [0.3, 0.4) is 0 Å². The van der Waals surface area contributed by atoms with Crippen LogP contribution < -0.4 is 4.74 Å². The maximum atomic E-state index is 9.28. The number of rotatable bonds is 2. The summed E-state index contributed by atoms with van der Waals surface area (Å²) in [6.07, 6.45) is 0. The second kappa shape index (κ2) is 4.33. The summed E-state index contributed by atoms with van der Waals surface area (Å²) in [6, 6.07) is 11.2. The van der Waals surface area contributed by atoms with E-state index in [4.69, 9.17) is 21.4 Å². The summed E-state index contributed by atoms with van der Waals surface area (Å²) in [7, 11) is 0. The molecule has 0 amide bonds. The maximum absolute atomic E-state index is 9.28. The lowest BCUT2D eigenvalue weighted by molar-refractivity contribution is 0.398. The molecule has 3 nitrogen and oxygen atoms in total. The van der Waals surface area contributed by atoms with E-state index in [-0.39, 0.29) is 11.5 Å². The number of hydrogen-bond donors (Lipinski definition) is 2. The van der Waals surface area contributed by atoms with E-state index in [9.17, 15) is 5.11 Å². The van der Waals surface area contributed by atoms with Gasteiger partial charge in [-0.2, -0.15) is 0 Å². The van der Waals surface area contributed by atoms with Gasteiger partial charge in [-0.15, -0.1) is 0 Å². The Kier molecular flexibility index (Phi) is 2.88. The first-order valence-electron chi connectivity index (χ1n) is 4.61. The predicted molar refractivity (Wildman–Crippen MR) is 61.3 cm³/mol. The van der Waals surface area contributed by atoms with Crippen molar-refractivity contribution in [1.82, 2.24) is 0 Å². The molecule has 0 unspecified atom stereocenters. The van der Waals surface area contributed by atoms with Gasteiger partial charge >= 0.3 is 0 Å². The van der Waals surface area contributed by atoms with Gasteiger partial charge < -0.3 is 14.9 Å². The zero-order valence-corrected chi connectivity index (χ0v) is 8.98. The van der Waals surface area contributed by atoms with Crippen LogP contribution in [0, 0.1) is 0 Å². The third-order valence-electron chi connectivity index (χ3n) is 2.01. The van der Waals surface area contributed by atoms with Gasteiger partial charge in [-0.05, 0) is 24.3 Å². The number of ether oxygens (including phenoxy) is 1. The minimum atomic E-state index is -0.232. The second-order valence-corrected chi connectivity index (χ2v) is 3.59. The van der Waals surface area contributed by atoms with E-state index < -0.39 is 0 Å². The molecule has 0 aliphatic carbocycles. The average molecular weight is 237 g/mol. The molecular weight excluding hydrogens is 228 g/mol. The van der Waals surface area contributed by atoms with Gasteiger partial charge in [0.2, 0.25) is 0 Å². The Morgan fingerprint density at radius 1 is 0.938 bits per heavy atom. The van der Waals surface area contributed by atoms with Crippen LogP contribution >= 0.6 is 11.6 Å². The molecule has 2 aromatic rings. The van der Waals surface area contributed by atoms with Crippen LogP contribution in [0.25, 0.3) is 0 Å². The highest BCUT2D eigenvalue weighted by Crippen LogP contribution is 2.33. The predicted octanol–water partition coefficient (Wildman–Crippen LogP) is 3.54. The molecule has 4 heteroatoms. The van der Waals surface area contributed by atoms with Gasteiger partial charge in [-0.25, -0.2) is 0 Å². The molecule has 0 aliphatic heterocycles. The Balaban J connectivity index is 2.28. The fourth-order valence-electron chi connectivity index (χ4n) is 1.22. The first-order chi connectivity index (χ1) is 7.66. The van der Waals surface area contributed by atoms with Gasteiger partial charge in [0.25, 0.3) is 0 Å². The summed E-state index contributed by atoms with van der Waals surface area (Å²) >= 11 is 5.91. The number of aromatic hydroxyl groups is 2. The number of benzene rings is 2. The molecule has 0 saturated heterocycles. The summed E-state index contributed by atoms with van der Waals surface area (Å²) < 4.78 is 5.44. The second-order valence-electron chi connectivity index (χ2n) is 3.18. The van der Waals surface area contributed by atoms with E-state index in [1.807, 2.05) is 0 Å². The minimum Gasteiger partial charge on any atom is -0.504 e. The Morgan fingerprint density at radius 3 is 2.38 bits per heavy atom. The first-order valence-corrected chi connectivity index (χ1v) is 4.99. The van der Waals surface area contributed by atoms with Gasteiger partial charge in [-0.3, -0.25) is 0 Å². The Hall–Kier alpha value is -1.87. The molecule has 2 rings (SSSR count). The minimum absolute atomic E-state index is 0.188.